The average Bonchev–Trinajstić information content (AvgIpc) is 2.64. The van der Waals surface area contributed by atoms with E-state index in [1.165, 1.54) is 7.11 Å². The predicted molar refractivity (Wildman–Crippen MR) is 55.1 cm³/mol. The number of fused-ring (bicyclic) bond motifs is 1. The van der Waals surface area contributed by atoms with Crippen LogP contribution in [0.4, 0.5) is 0 Å². The summed E-state index contributed by atoms with van der Waals surface area (Å²) >= 11 is 0. The molecule has 82 valence electrons. The number of methoxy groups -OCH3 is 1. The highest BCUT2D eigenvalue weighted by Crippen LogP contribution is 2.37. The van der Waals surface area contributed by atoms with E-state index in [4.69, 9.17) is 19.2 Å². The van der Waals surface area contributed by atoms with Crippen molar-refractivity contribution in [3.63, 3.8) is 0 Å². The zero-order valence-corrected chi connectivity index (χ0v) is 8.56. The minimum Gasteiger partial charge on any atom is -0.503 e. The maximum Gasteiger partial charge on any atom is 0.246 e. The molecule has 0 aliphatic carbocycles. The van der Waals surface area contributed by atoms with E-state index in [9.17, 15) is 5.11 Å². The second kappa shape index (κ2) is 4.13. The summed E-state index contributed by atoms with van der Waals surface area (Å²) in [5, 5.41) is 18.8. The Morgan fingerprint density at radius 2 is 2.31 bits per heavy atom. The van der Waals surface area contributed by atoms with Gasteiger partial charge < -0.3 is 19.0 Å². The fraction of sp³-hybridized carbons (Fsp3) is 0.182. The lowest BCUT2D eigenvalue weighted by atomic mass is 10.2. The van der Waals surface area contributed by atoms with Gasteiger partial charge in [0, 0.05) is 7.11 Å². The van der Waals surface area contributed by atoms with Gasteiger partial charge in [0.25, 0.3) is 0 Å². The Morgan fingerprint density at radius 3 is 3.00 bits per heavy atom. The van der Waals surface area contributed by atoms with Gasteiger partial charge in [0.05, 0.1) is 0 Å². The number of furan rings is 1. The number of rotatable bonds is 3. The molecule has 0 bridgehead atoms. The maximum atomic E-state index is 9.73. The molecule has 2 rings (SSSR count). The summed E-state index contributed by atoms with van der Waals surface area (Å²) < 4.78 is 15.2. The molecular weight excluding hydrogens is 210 g/mol. The van der Waals surface area contributed by atoms with E-state index in [-0.39, 0.29) is 18.3 Å². The topological polar surface area (TPSA) is 75.6 Å². The number of hydrogen-bond acceptors (Lipinski definition) is 5. The van der Waals surface area contributed by atoms with Crippen molar-refractivity contribution in [3.8, 4) is 17.6 Å². The van der Waals surface area contributed by atoms with Crippen molar-refractivity contribution in [1.29, 1.82) is 5.26 Å². The van der Waals surface area contributed by atoms with Crippen molar-refractivity contribution in [3.05, 3.63) is 24.0 Å². The first-order valence-corrected chi connectivity index (χ1v) is 4.54. The van der Waals surface area contributed by atoms with Gasteiger partial charge in [0.1, 0.15) is 22.8 Å². The second-order valence-electron chi connectivity index (χ2n) is 3.07. The van der Waals surface area contributed by atoms with Gasteiger partial charge in [-0.2, -0.15) is 5.26 Å². The molecule has 0 unspecified atom stereocenters. The highest BCUT2D eigenvalue weighted by molar-refractivity contribution is 5.91. The largest absolute Gasteiger partial charge is 0.503 e. The Labute approximate surface area is 91.4 Å². The second-order valence-corrected chi connectivity index (χ2v) is 3.07. The summed E-state index contributed by atoms with van der Waals surface area (Å²) in [5.41, 5.74) is 0.405. The molecule has 16 heavy (non-hydrogen) atoms. The van der Waals surface area contributed by atoms with Gasteiger partial charge >= 0.3 is 0 Å². The lowest BCUT2D eigenvalue weighted by Gasteiger charge is -2.04. The van der Waals surface area contributed by atoms with Crippen LogP contribution in [0.25, 0.3) is 11.0 Å². The van der Waals surface area contributed by atoms with E-state index in [0.717, 1.165) is 0 Å². The van der Waals surface area contributed by atoms with Crippen LogP contribution in [0, 0.1) is 11.3 Å². The molecule has 0 saturated heterocycles. The van der Waals surface area contributed by atoms with E-state index in [0.29, 0.717) is 16.7 Å². The van der Waals surface area contributed by atoms with Crippen LogP contribution in [0.2, 0.25) is 0 Å². The lowest BCUT2D eigenvalue weighted by molar-refractivity contribution is 0.0521. The molecule has 1 N–H and O–H groups in total. The van der Waals surface area contributed by atoms with Gasteiger partial charge in [-0.15, -0.1) is 0 Å². The summed E-state index contributed by atoms with van der Waals surface area (Å²) in [6, 6.07) is 6.78. The number of hydrogen-bond donors (Lipinski definition) is 1. The number of aromatic hydroxyl groups is 1. The first kappa shape index (κ1) is 10.3. The molecule has 0 fully saturated rings. The molecule has 1 heterocycles. The zero-order chi connectivity index (χ0) is 11.5. The summed E-state index contributed by atoms with van der Waals surface area (Å²) in [6.45, 7) is 0.0611. The molecule has 0 radical (unpaired) electrons. The van der Waals surface area contributed by atoms with Crippen LogP contribution in [0.3, 0.4) is 0 Å². The first-order valence-electron chi connectivity index (χ1n) is 4.54. The third-order valence-corrected chi connectivity index (χ3v) is 2.09. The highest BCUT2D eigenvalue weighted by Gasteiger charge is 2.16. The van der Waals surface area contributed by atoms with Crippen LogP contribution in [0.5, 0.6) is 11.5 Å². The third kappa shape index (κ3) is 1.55. The van der Waals surface area contributed by atoms with Crippen LogP contribution >= 0.6 is 0 Å². The molecule has 1 aromatic heterocycles. The highest BCUT2D eigenvalue weighted by atomic mass is 16.7. The average molecular weight is 219 g/mol. The molecule has 0 saturated carbocycles. The van der Waals surface area contributed by atoms with Crippen LogP contribution in [-0.4, -0.2) is 19.0 Å². The lowest BCUT2D eigenvalue weighted by Crippen LogP contribution is -1.98. The van der Waals surface area contributed by atoms with Gasteiger partial charge in [-0.05, 0) is 12.1 Å². The number of ether oxygens (including phenoxy) is 2. The molecule has 1 aromatic carbocycles. The Balaban J connectivity index is 2.58. The number of nitrogens with zero attached hydrogens (tertiary/aromatic N) is 1. The fourth-order valence-electron chi connectivity index (χ4n) is 1.42. The summed E-state index contributed by atoms with van der Waals surface area (Å²) in [4.78, 5) is 0. The Bertz CT molecular complexity index is 553. The monoisotopic (exact) mass is 219 g/mol. The van der Waals surface area contributed by atoms with Crippen LogP contribution < -0.4 is 4.74 Å². The van der Waals surface area contributed by atoms with Crippen molar-refractivity contribution in [2.75, 3.05) is 13.9 Å². The number of nitriles is 1. The first-order chi connectivity index (χ1) is 7.77. The quantitative estimate of drug-likeness (QED) is 0.799. The molecule has 0 atom stereocenters. The normalized spacial score (nSPS) is 10.2. The van der Waals surface area contributed by atoms with Gasteiger partial charge in [0.2, 0.25) is 5.76 Å². The van der Waals surface area contributed by atoms with Gasteiger partial charge in [-0.25, -0.2) is 0 Å². The van der Waals surface area contributed by atoms with Crippen molar-refractivity contribution in [1.82, 2.24) is 0 Å². The van der Waals surface area contributed by atoms with Gasteiger partial charge in [-0.3, -0.25) is 0 Å². The Kier molecular flexibility index (Phi) is 2.66. The van der Waals surface area contributed by atoms with E-state index >= 15 is 0 Å². The van der Waals surface area contributed by atoms with Crippen molar-refractivity contribution in [2.45, 2.75) is 0 Å². The van der Waals surface area contributed by atoms with Gasteiger partial charge in [0.15, 0.2) is 12.5 Å². The Morgan fingerprint density at radius 1 is 1.50 bits per heavy atom. The van der Waals surface area contributed by atoms with Crippen LogP contribution in [-0.2, 0) is 4.74 Å². The predicted octanol–water partition coefficient (Wildman–Crippen LogP) is 1.99. The van der Waals surface area contributed by atoms with Crippen molar-refractivity contribution < 1.29 is 19.0 Å². The maximum absolute atomic E-state index is 9.73. The smallest absolute Gasteiger partial charge is 0.246 e. The zero-order valence-electron chi connectivity index (χ0n) is 8.56. The fourth-order valence-corrected chi connectivity index (χ4v) is 1.42. The van der Waals surface area contributed by atoms with E-state index < -0.39 is 0 Å². The SMILES string of the molecule is COCOc1cccc2oc(C#N)c(O)c12. The van der Waals surface area contributed by atoms with E-state index in [1.807, 2.05) is 0 Å². The molecule has 5 heteroatoms. The summed E-state index contributed by atoms with van der Waals surface area (Å²) in [7, 11) is 1.50. The summed E-state index contributed by atoms with van der Waals surface area (Å²) in [5.74, 6) is 0.0924. The summed E-state index contributed by atoms with van der Waals surface area (Å²) in [6.07, 6.45) is 0. The van der Waals surface area contributed by atoms with E-state index in [2.05, 4.69) is 0 Å². The molecular formula is C11H9NO4. The molecule has 5 nitrogen and oxygen atoms in total. The van der Waals surface area contributed by atoms with Crippen molar-refractivity contribution in [2.24, 2.45) is 0 Å². The minimum absolute atomic E-state index is 0.0611. The standard InChI is InChI=1S/C11H9NO4/c1-14-6-15-7-3-2-4-8-10(7)11(13)9(5-12)16-8/h2-4,13H,6H2,1H3. The molecule has 0 spiro atoms. The van der Waals surface area contributed by atoms with Crippen molar-refractivity contribution >= 4 is 11.0 Å². The molecule has 0 aliphatic heterocycles. The van der Waals surface area contributed by atoms with E-state index in [1.54, 1.807) is 24.3 Å². The van der Waals surface area contributed by atoms with Gasteiger partial charge in [-0.1, -0.05) is 6.07 Å². The van der Waals surface area contributed by atoms with Crippen LogP contribution in [0.15, 0.2) is 22.6 Å². The molecule has 0 aliphatic rings. The molecule has 2 aromatic rings. The third-order valence-electron chi connectivity index (χ3n) is 2.09. The van der Waals surface area contributed by atoms with Crippen LogP contribution in [0.1, 0.15) is 5.76 Å². The molecule has 0 amide bonds. The Hall–Kier alpha value is -2.19. The number of benzene rings is 1. The minimum atomic E-state index is -0.204.